The number of Topliss-reactive ketones (excluding diaryl/α,β-unsaturated/α-hetero) is 1. The van der Waals surface area contributed by atoms with Gasteiger partial charge in [-0.1, -0.05) is 35.5 Å². The number of rotatable bonds is 5. The molecule has 0 aromatic heterocycles. The molecule has 0 bridgehead atoms. The molecule has 108 valence electrons. The number of hydrogen-bond donors (Lipinski definition) is 1. The fraction of sp³-hybridized carbons (Fsp3) is 0.125. The zero-order valence-corrected chi connectivity index (χ0v) is 11.7. The third kappa shape index (κ3) is 3.02. The second-order valence-electron chi connectivity index (χ2n) is 4.21. The van der Waals surface area contributed by atoms with Crippen molar-refractivity contribution in [1.29, 1.82) is 0 Å². The molecule has 0 aliphatic carbocycles. The summed E-state index contributed by atoms with van der Waals surface area (Å²) in [6.45, 7) is 0. The van der Waals surface area contributed by atoms with Crippen molar-refractivity contribution < 1.29 is 19.5 Å². The van der Waals surface area contributed by atoms with E-state index < -0.39 is 5.78 Å². The van der Waals surface area contributed by atoms with Gasteiger partial charge in [-0.05, 0) is 18.2 Å². The average Bonchev–Trinajstić information content (AvgIpc) is 2.55. The number of ether oxygens (including phenoxy) is 2. The summed E-state index contributed by atoms with van der Waals surface area (Å²) in [6.07, 6.45) is 0. The summed E-state index contributed by atoms with van der Waals surface area (Å²) in [7, 11) is 3.01. The Balaban J connectivity index is 2.39. The Kier molecular flexibility index (Phi) is 4.56. The van der Waals surface area contributed by atoms with Gasteiger partial charge in [-0.3, -0.25) is 4.79 Å². The molecule has 5 nitrogen and oxygen atoms in total. The van der Waals surface area contributed by atoms with Crippen LogP contribution in [0.25, 0.3) is 0 Å². The van der Waals surface area contributed by atoms with Crippen LogP contribution in [0.4, 0.5) is 0 Å². The predicted molar refractivity (Wildman–Crippen MR) is 78.6 cm³/mol. The van der Waals surface area contributed by atoms with Gasteiger partial charge in [0.2, 0.25) is 5.78 Å². The van der Waals surface area contributed by atoms with Crippen LogP contribution < -0.4 is 9.47 Å². The smallest absolute Gasteiger partial charge is 0.215 e. The van der Waals surface area contributed by atoms with Crippen molar-refractivity contribution in [1.82, 2.24) is 0 Å². The molecule has 0 unspecified atom stereocenters. The molecule has 2 aromatic rings. The van der Waals surface area contributed by atoms with Crippen LogP contribution in [0, 0.1) is 0 Å². The molecule has 0 heterocycles. The van der Waals surface area contributed by atoms with Crippen LogP contribution in [0.15, 0.2) is 53.7 Å². The molecule has 0 amide bonds. The van der Waals surface area contributed by atoms with E-state index in [4.69, 9.17) is 14.7 Å². The molecule has 2 rings (SSSR count). The van der Waals surface area contributed by atoms with Crippen LogP contribution in [0.5, 0.6) is 11.5 Å². The predicted octanol–water partition coefficient (Wildman–Crippen LogP) is 2.77. The zero-order chi connectivity index (χ0) is 15.2. The van der Waals surface area contributed by atoms with Crippen LogP contribution in [0.1, 0.15) is 15.9 Å². The summed E-state index contributed by atoms with van der Waals surface area (Å²) in [5, 5.41) is 12.3. The maximum absolute atomic E-state index is 12.5. The molecule has 1 N–H and O–H groups in total. The van der Waals surface area contributed by atoms with Crippen molar-refractivity contribution in [3.8, 4) is 11.5 Å². The average molecular weight is 285 g/mol. The standard InChI is InChI=1S/C16H15NO4/c1-20-13-9-8-12(10-14(13)21-2)16(18)15(17-19)11-6-4-3-5-7-11/h3-10,19H,1-2H3/b17-15+. The van der Waals surface area contributed by atoms with Crippen molar-refractivity contribution in [3.05, 3.63) is 59.7 Å². The van der Waals surface area contributed by atoms with Gasteiger partial charge in [-0.25, -0.2) is 0 Å². The molecule has 0 saturated heterocycles. The van der Waals surface area contributed by atoms with E-state index in [2.05, 4.69) is 5.16 Å². The Bertz CT molecular complexity index is 665. The van der Waals surface area contributed by atoms with Crippen LogP contribution in [0.3, 0.4) is 0 Å². The number of nitrogens with zero attached hydrogens (tertiary/aromatic N) is 1. The van der Waals surface area contributed by atoms with Gasteiger partial charge < -0.3 is 14.7 Å². The molecule has 0 aliphatic rings. The highest BCUT2D eigenvalue weighted by atomic mass is 16.5. The van der Waals surface area contributed by atoms with Crippen molar-refractivity contribution in [3.63, 3.8) is 0 Å². The van der Waals surface area contributed by atoms with E-state index in [0.29, 0.717) is 22.6 Å². The minimum absolute atomic E-state index is 0.0252. The number of benzene rings is 2. The molecule has 0 saturated carbocycles. The van der Waals surface area contributed by atoms with Crippen molar-refractivity contribution >= 4 is 11.5 Å². The van der Waals surface area contributed by atoms with Gasteiger partial charge in [-0.2, -0.15) is 0 Å². The molecule has 0 aliphatic heterocycles. The highest BCUT2D eigenvalue weighted by Gasteiger charge is 2.18. The summed E-state index contributed by atoms with van der Waals surface area (Å²) in [5.74, 6) is 0.564. The van der Waals surface area contributed by atoms with E-state index in [0.717, 1.165) is 0 Å². The topological polar surface area (TPSA) is 68.1 Å². The van der Waals surface area contributed by atoms with Crippen LogP contribution in [0.2, 0.25) is 0 Å². The summed E-state index contributed by atoms with van der Waals surface area (Å²) in [6, 6.07) is 13.5. The first-order valence-corrected chi connectivity index (χ1v) is 6.25. The first-order chi connectivity index (χ1) is 10.2. The lowest BCUT2D eigenvalue weighted by atomic mass is 10.0. The molecule has 2 aromatic carbocycles. The summed E-state index contributed by atoms with van der Waals surface area (Å²) < 4.78 is 10.3. The van der Waals surface area contributed by atoms with Crippen LogP contribution in [-0.2, 0) is 0 Å². The second-order valence-corrected chi connectivity index (χ2v) is 4.21. The molecule has 0 fully saturated rings. The Morgan fingerprint density at radius 2 is 1.62 bits per heavy atom. The fourth-order valence-electron chi connectivity index (χ4n) is 1.94. The zero-order valence-electron chi connectivity index (χ0n) is 11.7. The SMILES string of the molecule is COc1ccc(C(=O)/C(=N/O)c2ccccc2)cc1OC. The normalized spacial score (nSPS) is 11.0. The molecule has 0 radical (unpaired) electrons. The lowest BCUT2D eigenvalue weighted by Gasteiger charge is -2.09. The number of carbonyl (C=O) groups excluding carboxylic acids is 1. The van der Waals surface area contributed by atoms with E-state index in [1.54, 1.807) is 42.5 Å². The van der Waals surface area contributed by atoms with E-state index >= 15 is 0 Å². The van der Waals surface area contributed by atoms with Crippen molar-refractivity contribution in [2.24, 2.45) is 5.16 Å². The lowest BCUT2D eigenvalue weighted by molar-refractivity contribution is 0.106. The van der Waals surface area contributed by atoms with E-state index in [1.165, 1.54) is 14.2 Å². The third-order valence-corrected chi connectivity index (χ3v) is 3.01. The van der Waals surface area contributed by atoms with Gasteiger partial charge in [0.25, 0.3) is 0 Å². The molecule has 0 atom stereocenters. The Hall–Kier alpha value is -2.82. The summed E-state index contributed by atoms with van der Waals surface area (Å²) >= 11 is 0. The molecule has 0 spiro atoms. The number of carbonyl (C=O) groups is 1. The summed E-state index contributed by atoms with van der Waals surface area (Å²) in [5.41, 5.74) is 0.868. The monoisotopic (exact) mass is 285 g/mol. The van der Waals surface area contributed by atoms with Gasteiger partial charge in [-0.15, -0.1) is 0 Å². The second kappa shape index (κ2) is 6.56. The first kappa shape index (κ1) is 14.6. The van der Waals surface area contributed by atoms with E-state index in [9.17, 15) is 4.79 Å². The van der Waals surface area contributed by atoms with Gasteiger partial charge in [0, 0.05) is 11.1 Å². The fourth-order valence-corrected chi connectivity index (χ4v) is 1.94. The van der Waals surface area contributed by atoms with E-state index in [1.807, 2.05) is 6.07 Å². The molecular weight excluding hydrogens is 270 g/mol. The molecule has 5 heteroatoms. The highest BCUT2D eigenvalue weighted by molar-refractivity contribution is 6.51. The minimum Gasteiger partial charge on any atom is -0.493 e. The maximum atomic E-state index is 12.5. The van der Waals surface area contributed by atoms with E-state index in [-0.39, 0.29) is 5.71 Å². The summed E-state index contributed by atoms with van der Waals surface area (Å²) in [4.78, 5) is 12.5. The van der Waals surface area contributed by atoms with Crippen molar-refractivity contribution in [2.45, 2.75) is 0 Å². The lowest BCUT2D eigenvalue weighted by Crippen LogP contribution is -2.16. The van der Waals surface area contributed by atoms with Gasteiger partial charge in [0.15, 0.2) is 17.2 Å². The number of methoxy groups -OCH3 is 2. The van der Waals surface area contributed by atoms with Crippen molar-refractivity contribution in [2.75, 3.05) is 14.2 Å². The van der Waals surface area contributed by atoms with Crippen LogP contribution in [-0.4, -0.2) is 30.9 Å². The molecule has 21 heavy (non-hydrogen) atoms. The Morgan fingerprint density at radius 1 is 0.952 bits per heavy atom. The first-order valence-electron chi connectivity index (χ1n) is 6.25. The molecular formula is C16H15NO4. The number of hydrogen-bond acceptors (Lipinski definition) is 5. The van der Waals surface area contributed by atoms with Gasteiger partial charge >= 0.3 is 0 Å². The maximum Gasteiger partial charge on any atom is 0.215 e. The Labute approximate surface area is 122 Å². The number of oxime groups is 1. The highest BCUT2D eigenvalue weighted by Crippen LogP contribution is 2.28. The quantitative estimate of drug-likeness (QED) is 0.397. The van der Waals surface area contributed by atoms with Crippen LogP contribution >= 0.6 is 0 Å². The minimum atomic E-state index is -0.398. The van der Waals surface area contributed by atoms with Gasteiger partial charge in [0.1, 0.15) is 0 Å². The number of ketones is 1. The van der Waals surface area contributed by atoms with Gasteiger partial charge in [0.05, 0.1) is 14.2 Å². The largest absolute Gasteiger partial charge is 0.493 e. The third-order valence-electron chi connectivity index (χ3n) is 3.01. The Morgan fingerprint density at radius 3 is 2.19 bits per heavy atom.